The minimum Gasteiger partial charge on any atom is -0.497 e. The van der Waals surface area contributed by atoms with Crippen LogP contribution in [0.3, 0.4) is 0 Å². The number of rotatable bonds is 5. The van der Waals surface area contributed by atoms with Crippen molar-refractivity contribution in [1.82, 2.24) is 19.8 Å². The Morgan fingerprint density at radius 3 is 2.54 bits per heavy atom. The molecule has 7 heteroatoms. The maximum Gasteiger partial charge on any atom is 0.234 e. The SMILES string of the molecule is COc1ccc(Cc2nnc3sc(C=Cc4ccc(Cl)cc4)nn23)cc1. The largest absolute Gasteiger partial charge is 0.497 e. The predicted octanol–water partition coefficient (Wildman–Crippen LogP) is 4.61. The number of hydrogen-bond donors (Lipinski definition) is 0. The number of methoxy groups -OCH3 is 1. The molecule has 0 bridgehead atoms. The topological polar surface area (TPSA) is 52.3 Å². The molecule has 4 aromatic rings. The van der Waals surface area contributed by atoms with Crippen LogP contribution in [0.1, 0.15) is 22.0 Å². The Hall–Kier alpha value is -2.70. The van der Waals surface area contributed by atoms with E-state index in [1.807, 2.05) is 60.7 Å². The first kappa shape index (κ1) is 16.8. The number of aromatic nitrogens is 4. The van der Waals surface area contributed by atoms with Crippen molar-refractivity contribution in [1.29, 1.82) is 0 Å². The summed E-state index contributed by atoms with van der Waals surface area (Å²) in [5.74, 6) is 1.65. The van der Waals surface area contributed by atoms with Gasteiger partial charge in [-0.25, -0.2) is 0 Å². The lowest BCUT2D eigenvalue weighted by Crippen LogP contribution is -1.97. The van der Waals surface area contributed by atoms with Crippen molar-refractivity contribution in [3.63, 3.8) is 0 Å². The van der Waals surface area contributed by atoms with Crippen molar-refractivity contribution in [2.75, 3.05) is 7.11 Å². The van der Waals surface area contributed by atoms with E-state index in [1.54, 1.807) is 11.6 Å². The van der Waals surface area contributed by atoms with E-state index < -0.39 is 0 Å². The van der Waals surface area contributed by atoms with E-state index in [4.69, 9.17) is 16.3 Å². The van der Waals surface area contributed by atoms with Gasteiger partial charge in [0.05, 0.1) is 7.11 Å². The summed E-state index contributed by atoms with van der Waals surface area (Å²) in [5.41, 5.74) is 2.20. The molecule has 2 aromatic carbocycles. The van der Waals surface area contributed by atoms with Gasteiger partial charge in [-0.3, -0.25) is 0 Å². The average Bonchev–Trinajstić information content (AvgIpc) is 3.23. The monoisotopic (exact) mass is 382 g/mol. The fraction of sp³-hybridized carbons (Fsp3) is 0.105. The summed E-state index contributed by atoms with van der Waals surface area (Å²) in [6, 6.07) is 15.6. The maximum absolute atomic E-state index is 5.91. The first-order chi connectivity index (χ1) is 12.7. The predicted molar refractivity (Wildman–Crippen MR) is 105 cm³/mol. The lowest BCUT2D eigenvalue weighted by atomic mass is 10.1. The molecule has 2 heterocycles. The van der Waals surface area contributed by atoms with Crippen molar-refractivity contribution in [3.05, 3.63) is 75.5 Å². The zero-order chi connectivity index (χ0) is 17.9. The molecule has 0 aliphatic heterocycles. The van der Waals surface area contributed by atoms with Crippen molar-refractivity contribution in [3.8, 4) is 5.75 Å². The average molecular weight is 383 g/mol. The van der Waals surface area contributed by atoms with Gasteiger partial charge in [-0.05, 0) is 41.5 Å². The lowest BCUT2D eigenvalue weighted by molar-refractivity contribution is 0.414. The van der Waals surface area contributed by atoms with Crippen molar-refractivity contribution in [2.24, 2.45) is 0 Å². The number of halogens is 1. The van der Waals surface area contributed by atoms with Gasteiger partial charge in [0.2, 0.25) is 4.96 Å². The first-order valence-electron chi connectivity index (χ1n) is 7.99. The fourth-order valence-corrected chi connectivity index (χ4v) is 3.40. The smallest absolute Gasteiger partial charge is 0.234 e. The Morgan fingerprint density at radius 1 is 1.04 bits per heavy atom. The molecule has 5 nitrogen and oxygen atoms in total. The number of benzene rings is 2. The van der Waals surface area contributed by atoms with Crippen molar-refractivity contribution >= 4 is 40.1 Å². The third-order valence-corrected chi connectivity index (χ3v) is 5.00. The van der Waals surface area contributed by atoms with Gasteiger partial charge >= 0.3 is 0 Å². The molecule has 0 aliphatic carbocycles. The Labute approximate surface area is 159 Å². The maximum atomic E-state index is 5.91. The van der Waals surface area contributed by atoms with Gasteiger partial charge in [-0.15, -0.1) is 10.2 Å². The molecule has 0 atom stereocenters. The van der Waals surface area contributed by atoms with E-state index in [-0.39, 0.29) is 0 Å². The van der Waals surface area contributed by atoms with E-state index in [9.17, 15) is 0 Å². The van der Waals surface area contributed by atoms with Crippen LogP contribution in [-0.4, -0.2) is 26.9 Å². The van der Waals surface area contributed by atoms with Gasteiger partial charge < -0.3 is 4.74 Å². The zero-order valence-corrected chi connectivity index (χ0v) is 15.5. The van der Waals surface area contributed by atoms with Crippen molar-refractivity contribution in [2.45, 2.75) is 6.42 Å². The van der Waals surface area contributed by atoms with Crippen LogP contribution in [0.5, 0.6) is 5.75 Å². The highest BCUT2D eigenvalue weighted by atomic mass is 35.5. The van der Waals surface area contributed by atoms with Gasteiger partial charge in [0.15, 0.2) is 5.82 Å². The summed E-state index contributed by atoms with van der Waals surface area (Å²) in [6.45, 7) is 0. The third kappa shape index (κ3) is 3.61. The van der Waals surface area contributed by atoms with Crippen LogP contribution in [0.25, 0.3) is 17.1 Å². The molecule has 0 amide bonds. The zero-order valence-electron chi connectivity index (χ0n) is 14.0. The van der Waals surface area contributed by atoms with Crippen LogP contribution in [0.15, 0.2) is 48.5 Å². The molecule has 2 aromatic heterocycles. The summed E-state index contributed by atoms with van der Waals surface area (Å²) < 4.78 is 6.99. The molecule has 26 heavy (non-hydrogen) atoms. The molecule has 0 radical (unpaired) electrons. The van der Waals surface area contributed by atoms with E-state index in [1.165, 1.54) is 11.3 Å². The van der Waals surface area contributed by atoms with Crippen LogP contribution in [-0.2, 0) is 6.42 Å². The summed E-state index contributed by atoms with van der Waals surface area (Å²) in [6.07, 6.45) is 4.64. The second-order valence-corrected chi connectivity index (χ2v) is 7.08. The highest BCUT2D eigenvalue weighted by molar-refractivity contribution is 7.17. The second kappa shape index (κ2) is 7.27. The standard InChI is InChI=1S/C19H15ClN4OS/c1-25-16-9-4-14(5-10-16)12-17-21-22-19-24(17)23-18(26-19)11-6-13-2-7-15(20)8-3-13/h2-11H,12H2,1H3. The molecule has 0 saturated carbocycles. The normalized spacial score (nSPS) is 11.5. The van der Waals surface area contributed by atoms with Crippen molar-refractivity contribution < 1.29 is 4.74 Å². The summed E-state index contributed by atoms with van der Waals surface area (Å²) >= 11 is 7.41. The Kier molecular flexibility index (Phi) is 4.69. The molecule has 0 saturated heterocycles. The highest BCUT2D eigenvalue weighted by Gasteiger charge is 2.11. The van der Waals surface area contributed by atoms with Gasteiger partial charge in [0.25, 0.3) is 0 Å². The number of ether oxygens (including phenoxy) is 1. The summed E-state index contributed by atoms with van der Waals surface area (Å²) in [4.78, 5) is 0.782. The molecule has 0 aliphatic rings. The van der Waals surface area contributed by atoms with E-state index >= 15 is 0 Å². The minimum absolute atomic E-state index is 0.662. The van der Waals surface area contributed by atoms with Crippen LogP contribution >= 0.6 is 22.9 Å². The summed E-state index contributed by atoms with van der Waals surface area (Å²) in [5, 5.41) is 14.7. The number of nitrogens with zero attached hydrogens (tertiary/aromatic N) is 4. The quantitative estimate of drug-likeness (QED) is 0.505. The minimum atomic E-state index is 0.662. The fourth-order valence-electron chi connectivity index (χ4n) is 2.52. The van der Waals surface area contributed by atoms with Gasteiger partial charge in [0, 0.05) is 11.4 Å². The third-order valence-electron chi connectivity index (χ3n) is 3.88. The summed E-state index contributed by atoms with van der Waals surface area (Å²) in [7, 11) is 1.66. The number of hydrogen-bond acceptors (Lipinski definition) is 5. The van der Waals surface area contributed by atoms with Crippen LogP contribution in [0, 0.1) is 0 Å². The Morgan fingerprint density at radius 2 is 1.81 bits per heavy atom. The molecular formula is C19H15ClN4OS. The van der Waals surface area contributed by atoms with E-state index in [0.29, 0.717) is 6.42 Å². The van der Waals surface area contributed by atoms with Gasteiger partial charge in [-0.1, -0.05) is 53.3 Å². The Bertz CT molecular complexity index is 1050. The molecule has 4 rings (SSSR count). The molecule has 0 unspecified atom stereocenters. The molecule has 0 spiro atoms. The van der Waals surface area contributed by atoms with E-state index in [2.05, 4.69) is 15.3 Å². The van der Waals surface area contributed by atoms with Gasteiger partial charge in [0.1, 0.15) is 10.8 Å². The Balaban J connectivity index is 1.55. The second-order valence-electron chi connectivity index (χ2n) is 5.66. The number of fused-ring (bicyclic) bond motifs is 1. The first-order valence-corrected chi connectivity index (χ1v) is 9.18. The lowest BCUT2D eigenvalue weighted by Gasteiger charge is -2.01. The molecule has 0 N–H and O–H groups in total. The molecular weight excluding hydrogens is 368 g/mol. The highest BCUT2D eigenvalue weighted by Crippen LogP contribution is 2.20. The van der Waals surface area contributed by atoms with E-state index in [0.717, 1.165) is 37.7 Å². The van der Waals surface area contributed by atoms with Crippen LogP contribution in [0.4, 0.5) is 0 Å². The van der Waals surface area contributed by atoms with Gasteiger partial charge in [-0.2, -0.15) is 9.61 Å². The molecule has 130 valence electrons. The van der Waals surface area contributed by atoms with Crippen LogP contribution < -0.4 is 4.74 Å². The molecule has 0 fully saturated rings. The van der Waals surface area contributed by atoms with Crippen LogP contribution in [0.2, 0.25) is 5.02 Å².